The van der Waals surface area contributed by atoms with Gasteiger partial charge in [0.2, 0.25) is 0 Å². The Morgan fingerprint density at radius 1 is 0.542 bits per heavy atom. The van der Waals surface area contributed by atoms with Crippen LogP contribution in [0.15, 0.2) is 72.8 Å². The van der Waals surface area contributed by atoms with Gasteiger partial charge in [-0.2, -0.15) is 0 Å². The van der Waals surface area contributed by atoms with Crippen molar-refractivity contribution in [3.63, 3.8) is 0 Å². The van der Waals surface area contributed by atoms with Gasteiger partial charge in [-0.15, -0.1) is 0 Å². The second-order valence-electron chi connectivity index (χ2n) is 5.35. The molecule has 3 aromatic rings. The molecule has 0 aliphatic rings. The summed E-state index contributed by atoms with van der Waals surface area (Å²) in [5.41, 5.74) is 0. The molecule has 0 aliphatic carbocycles. The van der Waals surface area contributed by atoms with Crippen molar-refractivity contribution >= 4 is 43.3 Å². The third-order valence-electron chi connectivity index (χ3n) is 3.78. The molecule has 0 amide bonds. The number of halogens is 5. The summed E-state index contributed by atoms with van der Waals surface area (Å²) < 4.78 is 42.5. The minimum absolute atomic E-state index is 0.349. The Balaban J connectivity index is 2.41. The van der Waals surface area contributed by atoms with Gasteiger partial charge in [-0.25, -0.2) is 0 Å². The molecule has 6 heteroatoms. The molecule has 0 aromatic heterocycles. The fraction of sp³-hybridized carbons (Fsp3) is 0. The Bertz CT molecular complexity index is 794. The Kier molecular flexibility index (Phi) is 4.63. The van der Waals surface area contributed by atoms with Gasteiger partial charge >= 0.3 is 147 Å². The average Bonchev–Trinajstić information content (AvgIpc) is 2.55. The van der Waals surface area contributed by atoms with Crippen LogP contribution in [0.25, 0.3) is 0 Å². The minimum atomic E-state index is -5.25. The molecule has 0 radical (unpaired) electrons. The van der Waals surface area contributed by atoms with Gasteiger partial charge in [-0.3, -0.25) is 0 Å². The fourth-order valence-corrected chi connectivity index (χ4v) is 15.4. The van der Waals surface area contributed by atoms with E-state index in [1.165, 1.54) is 54.6 Å². The van der Waals surface area contributed by atoms with Crippen molar-refractivity contribution in [2.24, 2.45) is 0 Å². The summed E-state index contributed by atoms with van der Waals surface area (Å²) in [5.74, 6) is -1.54. The molecule has 24 heavy (non-hydrogen) atoms. The molecular formula is C18H12Cl2F3Sb. The molecule has 0 saturated heterocycles. The molecule has 3 rings (SSSR count). The molecular weight excluding hydrogens is 466 g/mol. The van der Waals surface area contributed by atoms with E-state index in [2.05, 4.69) is 0 Å². The van der Waals surface area contributed by atoms with Gasteiger partial charge in [0.15, 0.2) is 0 Å². The van der Waals surface area contributed by atoms with Crippen molar-refractivity contribution in [1.82, 2.24) is 0 Å². The first-order chi connectivity index (χ1) is 11.3. The predicted molar refractivity (Wildman–Crippen MR) is 95.6 cm³/mol. The van der Waals surface area contributed by atoms with Crippen molar-refractivity contribution in [1.29, 1.82) is 0 Å². The average molecular weight is 478 g/mol. The first-order valence-electron chi connectivity index (χ1n) is 7.04. The molecule has 124 valence electrons. The van der Waals surface area contributed by atoms with Crippen LogP contribution in [-0.2, 0) is 0 Å². The second kappa shape index (κ2) is 6.29. The van der Waals surface area contributed by atoms with Gasteiger partial charge in [0, 0.05) is 0 Å². The summed E-state index contributed by atoms with van der Waals surface area (Å²) in [7, 11) is 14.1. The molecule has 3 aromatic carbocycles. The van der Waals surface area contributed by atoms with Crippen molar-refractivity contribution in [3.8, 4) is 0 Å². The standard InChI is InChI=1S/3C6H4F.2ClH.Sb/c3*7-6-4-2-1-3-5-6;;;/h3*1-2,4-5H;2*1H;/q;;;;;+2/p-2. The Morgan fingerprint density at radius 3 is 1.08 bits per heavy atom. The van der Waals surface area contributed by atoms with Crippen LogP contribution < -0.4 is 10.5 Å². The van der Waals surface area contributed by atoms with E-state index in [0.717, 1.165) is 0 Å². The van der Waals surface area contributed by atoms with Gasteiger partial charge in [-0.1, -0.05) is 0 Å². The van der Waals surface area contributed by atoms with E-state index in [1.807, 2.05) is 0 Å². The third kappa shape index (κ3) is 2.94. The van der Waals surface area contributed by atoms with E-state index < -0.39 is 32.6 Å². The normalized spacial score (nSPS) is 13.3. The van der Waals surface area contributed by atoms with E-state index in [4.69, 9.17) is 17.7 Å². The molecule has 0 spiro atoms. The second-order valence-corrected chi connectivity index (χ2v) is 25.2. The molecule has 0 bridgehead atoms. The topological polar surface area (TPSA) is 0 Å². The number of rotatable bonds is 3. The maximum atomic E-state index is 13.8. The zero-order valence-electron chi connectivity index (χ0n) is 12.3. The van der Waals surface area contributed by atoms with E-state index in [0.29, 0.717) is 10.5 Å². The molecule has 0 saturated carbocycles. The summed E-state index contributed by atoms with van der Waals surface area (Å²) in [6.45, 7) is 0. The van der Waals surface area contributed by atoms with Gasteiger partial charge in [0.1, 0.15) is 0 Å². The predicted octanol–water partition coefficient (Wildman–Crippen LogP) is 4.00. The van der Waals surface area contributed by atoms with Crippen LogP contribution in [0.3, 0.4) is 0 Å². The van der Waals surface area contributed by atoms with Crippen molar-refractivity contribution in [2.75, 3.05) is 0 Å². The molecule has 0 nitrogen and oxygen atoms in total. The number of hydrogen-bond donors (Lipinski definition) is 0. The first kappa shape index (κ1) is 17.7. The number of benzene rings is 3. The monoisotopic (exact) mass is 476 g/mol. The van der Waals surface area contributed by atoms with Crippen LogP contribution in [-0.4, -0.2) is 15.1 Å². The van der Waals surface area contributed by atoms with Crippen LogP contribution in [0.1, 0.15) is 0 Å². The zero-order valence-corrected chi connectivity index (χ0v) is 16.3. The summed E-state index contributed by atoms with van der Waals surface area (Å²) in [6.07, 6.45) is 0. The third-order valence-corrected chi connectivity index (χ3v) is 21.8. The molecule has 0 unspecified atom stereocenters. The van der Waals surface area contributed by atoms with E-state index >= 15 is 0 Å². The first-order valence-corrected chi connectivity index (χ1v) is 17.3. The Labute approximate surface area is 146 Å². The molecule has 0 N–H and O–H groups in total. The summed E-state index contributed by atoms with van der Waals surface area (Å²) >= 11 is -5.25. The quantitative estimate of drug-likeness (QED) is 0.500. The van der Waals surface area contributed by atoms with Crippen molar-refractivity contribution in [3.05, 3.63) is 90.2 Å². The molecule has 0 aliphatic heterocycles. The summed E-state index contributed by atoms with van der Waals surface area (Å²) in [5, 5.41) is 0. The Morgan fingerprint density at radius 2 is 0.833 bits per heavy atom. The van der Waals surface area contributed by atoms with E-state index in [-0.39, 0.29) is 0 Å². The van der Waals surface area contributed by atoms with Crippen molar-refractivity contribution in [2.45, 2.75) is 0 Å². The van der Waals surface area contributed by atoms with Crippen LogP contribution in [0.5, 0.6) is 0 Å². The van der Waals surface area contributed by atoms with Gasteiger partial charge in [0.05, 0.1) is 0 Å². The summed E-state index contributed by atoms with van der Waals surface area (Å²) in [6, 6.07) is 16.8. The van der Waals surface area contributed by atoms with Crippen LogP contribution >= 0.6 is 17.7 Å². The van der Waals surface area contributed by atoms with Crippen LogP contribution in [0, 0.1) is 17.5 Å². The van der Waals surface area contributed by atoms with Crippen LogP contribution in [0.2, 0.25) is 0 Å². The van der Waals surface area contributed by atoms with Crippen LogP contribution in [0.4, 0.5) is 13.2 Å². The maximum absolute atomic E-state index is 13.8. The molecule has 0 atom stereocenters. The SMILES string of the molecule is Fc1ccc[c]([Sb]([Cl])([Cl])([c]2cccc(F)c2)[c]2cccc(F)c2)c1. The fourth-order valence-electron chi connectivity index (χ4n) is 2.61. The van der Waals surface area contributed by atoms with Crippen molar-refractivity contribution < 1.29 is 13.2 Å². The van der Waals surface area contributed by atoms with Gasteiger partial charge in [0.25, 0.3) is 0 Å². The molecule has 0 heterocycles. The molecule has 0 fully saturated rings. The van der Waals surface area contributed by atoms with E-state index in [1.54, 1.807) is 18.2 Å². The summed E-state index contributed by atoms with van der Waals surface area (Å²) in [4.78, 5) is 0. The van der Waals surface area contributed by atoms with E-state index in [9.17, 15) is 13.2 Å². The Hall–Kier alpha value is -1.15. The van der Waals surface area contributed by atoms with Gasteiger partial charge < -0.3 is 0 Å². The van der Waals surface area contributed by atoms with Gasteiger partial charge in [-0.05, 0) is 0 Å². The zero-order chi connectivity index (χ0) is 17.4. The number of hydrogen-bond acceptors (Lipinski definition) is 0.